The largest absolute Gasteiger partial charge is 0.306 e. The molecule has 2 fully saturated rings. The number of nitrogens with one attached hydrogen (secondary N) is 1. The summed E-state index contributed by atoms with van der Waals surface area (Å²) in [6.07, 6.45) is 8.41. The third kappa shape index (κ3) is 3.86. The summed E-state index contributed by atoms with van der Waals surface area (Å²) in [5.41, 5.74) is 1.54. The topological polar surface area (TPSA) is 24.9 Å². The molecule has 2 aromatic rings. The van der Waals surface area contributed by atoms with Crippen LogP contribution in [0.2, 0.25) is 0 Å². The third-order valence-electron chi connectivity index (χ3n) is 6.25. The fourth-order valence-corrected chi connectivity index (χ4v) is 6.98. The molecule has 2 heterocycles. The standard InChI is InChI=1S/C21H30N2S2/c1-4-16-8-17-7-14(2)9-21(10-16,11-17)22-12-18-5-6-20(25-18)19-13-24-15(3)23-19/h5-6,13-14,16-17,22H,4,7-12H2,1-3H3. The molecular weight excluding hydrogens is 344 g/mol. The van der Waals surface area contributed by atoms with E-state index in [2.05, 4.69) is 48.6 Å². The number of rotatable bonds is 5. The van der Waals surface area contributed by atoms with Crippen molar-refractivity contribution in [3.8, 4) is 10.6 Å². The second-order valence-corrected chi connectivity index (χ2v) is 10.7. The summed E-state index contributed by atoms with van der Waals surface area (Å²) in [6, 6.07) is 4.54. The Morgan fingerprint density at radius 2 is 2.12 bits per heavy atom. The zero-order valence-electron chi connectivity index (χ0n) is 15.7. The number of fused-ring (bicyclic) bond motifs is 2. The molecule has 136 valence electrons. The number of thiazole rings is 1. The van der Waals surface area contributed by atoms with E-state index in [0.717, 1.165) is 35.0 Å². The fourth-order valence-electron chi connectivity index (χ4n) is 5.38. The quantitative estimate of drug-likeness (QED) is 0.667. The van der Waals surface area contributed by atoms with Crippen LogP contribution in [0, 0.1) is 24.7 Å². The van der Waals surface area contributed by atoms with Crippen LogP contribution in [0.15, 0.2) is 17.5 Å². The van der Waals surface area contributed by atoms with E-state index in [1.54, 1.807) is 11.3 Å². The van der Waals surface area contributed by atoms with Gasteiger partial charge in [0.05, 0.1) is 15.6 Å². The maximum atomic E-state index is 4.63. The van der Waals surface area contributed by atoms with Crippen LogP contribution in [0.3, 0.4) is 0 Å². The molecule has 4 unspecified atom stereocenters. The number of thiophene rings is 1. The highest BCUT2D eigenvalue weighted by molar-refractivity contribution is 7.16. The van der Waals surface area contributed by atoms with Crippen LogP contribution < -0.4 is 5.32 Å². The van der Waals surface area contributed by atoms with Crippen LogP contribution in [0.1, 0.15) is 62.3 Å². The molecule has 0 aliphatic heterocycles. The maximum Gasteiger partial charge on any atom is 0.0914 e. The van der Waals surface area contributed by atoms with E-state index in [0.29, 0.717) is 5.54 Å². The van der Waals surface area contributed by atoms with Gasteiger partial charge in [0.2, 0.25) is 0 Å². The van der Waals surface area contributed by atoms with Crippen molar-refractivity contribution in [1.82, 2.24) is 10.3 Å². The van der Waals surface area contributed by atoms with Crippen LogP contribution in [0.25, 0.3) is 10.6 Å². The van der Waals surface area contributed by atoms with E-state index >= 15 is 0 Å². The van der Waals surface area contributed by atoms with Crippen molar-refractivity contribution in [1.29, 1.82) is 0 Å². The molecule has 2 aliphatic rings. The minimum Gasteiger partial charge on any atom is -0.306 e. The van der Waals surface area contributed by atoms with Gasteiger partial charge in [-0.3, -0.25) is 0 Å². The summed E-state index contributed by atoms with van der Waals surface area (Å²) in [6.45, 7) is 7.94. The molecule has 4 heteroatoms. The van der Waals surface area contributed by atoms with Gasteiger partial charge in [-0.15, -0.1) is 22.7 Å². The van der Waals surface area contributed by atoms with Crippen molar-refractivity contribution in [2.45, 2.75) is 71.4 Å². The van der Waals surface area contributed by atoms with Crippen LogP contribution in [0.4, 0.5) is 0 Å². The Morgan fingerprint density at radius 3 is 2.88 bits per heavy atom. The van der Waals surface area contributed by atoms with Crippen molar-refractivity contribution in [3.05, 3.63) is 27.4 Å². The van der Waals surface area contributed by atoms with Gasteiger partial charge in [-0.1, -0.05) is 20.3 Å². The van der Waals surface area contributed by atoms with Gasteiger partial charge >= 0.3 is 0 Å². The van der Waals surface area contributed by atoms with Crippen LogP contribution in [-0.4, -0.2) is 10.5 Å². The zero-order chi connectivity index (χ0) is 17.4. The van der Waals surface area contributed by atoms with Gasteiger partial charge in [-0.2, -0.15) is 0 Å². The summed E-state index contributed by atoms with van der Waals surface area (Å²) in [7, 11) is 0. The third-order valence-corrected chi connectivity index (χ3v) is 8.13. The molecule has 2 nitrogen and oxygen atoms in total. The molecule has 4 atom stereocenters. The van der Waals surface area contributed by atoms with E-state index < -0.39 is 0 Å². The molecule has 0 radical (unpaired) electrons. The highest BCUT2D eigenvalue weighted by atomic mass is 32.1. The highest BCUT2D eigenvalue weighted by Crippen LogP contribution is 2.48. The number of aromatic nitrogens is 1. The molecule has 0 amide bonds. The first-order chi connectivity index (χ1) is 12.0. The van der Waals surface area contributed by atoms with Crippen molar-refractivity contribution in [3.63, 3.8) is 0 Å². The van der Waals surface area contributed by atoms with Crippen LogP contribution >= 0.6 is 22.7 Å². The van der Waals surface area contributed by atoms with Gasteiger partial charge in [0.1, 0.15) is 0 Å². The first-order valence-electron chi connectivity index (χ1n) is 9.81. The second kappa shape index (κ2) is 7.13. The molecule has 2 saturated carbocycles. The van der Waals surface area contributed by atoms with Crippen molar-refractivity contribution >= 4 is 22.7 Å². The zero-order valence-corrected chi connectivity index (χ0v) is 17.3. The Hall–Kier alpha value is -0.710. The lowest BCUT2D eigenvalue weighted by atomic mass is 9.60. The van der Waals surface area contributed by atoms with Crippen molar-refractivity contribution < 1.29 is 0 Å². The summed E-state index contributed by atoms with van der Waals surface area (Å²) in [5.74, 6) is 2.75. The normalized spacial score (nSPS) is 32.0. The minimum absolute atomic E-state index is 0.392. The van der Waals surface area contributed by atoms with E-state index in [9.17, 15) is 0 Å². The van der Waals surface area contributed by atoms with Gasteiger partial charge in [-0.05, 0) is 68.9 Å². The number of hydrogen-bond donors (Lipinski definition) is 1. The van der Waals surface area contributed by atoms with Gasteiger partial charge in [-0.25, -0.2) is 4.98 Å². The SMILES string of the molecule is CCC1CC2CC(C)CC(NCc3ccc(-c4csc(C)n4)s3)(C1)C2. The number of nitrogens with zero attached hydrogens (tertiary/aromatic N) is 1. The average Bonchev–Trinajstić information content (AvgIpc) is 3.20. The summed E-state index contributed by atoms with van der Waals surface area (Å²) in [4.78, 5) is 7.39. The summed E-state index contributed by atoms with van der Waals surface area (Å²) >= 11 is 3.64. The average molecular weight is 375 g/mol. The Morgan fingerprint density at radius 1 is 1.24 bits per heavy atom. The van der Waals surface area contributed by atoms with E-state index in [1.165, 1.54) is 48.3 Å². The first-order valence-corrected chi connectivity index (χ1v) is 11.5. The molecule has 0 spiro atoms. The van der Waals surface area contributed by atoms with Crippen molar-refractivity contribution in [2.75, 3.05) is 0 Å². The minimum atomic E-state index is 0.392. The predicted molar refractivity (Wildman–Crippen MR) is 109 cm³/mol. The highest BCUT2D eigenvalue weighted by Gasteiger charge is 2.44. The molecule has 0 aromatic carbocycles. The molecule has 25 heavy (non-hydrogen) atoms. The van der Waals surface area contributed by atoms with E-state index in [4.69, 9.17) is 0 Å². The monoisotopic (exact) mass is 374 g/mol. The lowest BCUT2D eigenvalue weighted by molar-refractivity contribution is 0.0477. The van der Waals surface area contributed by atoms with Crippen LogP contribution in [-0.2, 0) is 6.54 Å². The molecule has 2 aromatic heterocycles. The molecule has 2 aliphatic carbocycles. The maximum absolute atomic E-state index is 4.63. The molecule has 4 rings (SSSR count). The Labute approximate surface area is 160 Å². The number of hydrogen-bond acceptors (Lipinski definition) is 4. The number of aryl methyl sites for hydroxylation is 1. The van der Waals surface area contributed by atoms with Gasteiger partial charge in [0.15, 0.2) is 0 Å². The van der Waals surface area contributed by atoms with E-state index in [-0.39, 0.29) is 0 Å². The molecular formula is C21H30N2S2. The van der Waals surface area contributed by atoms with Gasteiger partial charge < -0.3 is 5.32 Å². The predicted octanol–water partition coefficient (Wildman–Crippen LogP) is 6.26. The first kappa shape index (κ1) is 17.7. The summed E-state index contributed by atoms with van der Waals surface area (Å²) < 4.78 is 0. The lowest BCUT2D eigenvalue weighted by Crippen LogP contribution is -2.54. The molecule has 0 saturated heterocycles. The summed E-state index contributed by atoms with van der Waals surface area (Å²) in [5, 5.41) is 7.37. The van der Waals surface area contributed by atoms with Crippen molar-refractivity contribution in [2.24, 2.45) is 17.8 Å². The van der Waals surface area contributed by atoms with E-state index in [1.807, 2.05) is 11.3 Å². The molecule has 1 N–H and O–H groups in total. The van der Waals surface area contributed by atoms with Crippen LogP contribution in [0.5, 0.6) is 0 Å². The Bertz CT molecular complexity index is 715. The van der Waals surface area contributed by atoms with Gasteiger partial charge in [0, 0.05) is 22.3 Å². The Balaban J connectivity index is 1.45. The van der Waals surface area contributed by atoms with Gasteiger partial charge in [0.25, 0.3) is 0 Å². The second-order valence-electron chi connectivity index (χ2n) is 8.48. The fraction of sp³-hybridized carbons (Fsp3) is 0.667. The smallest absolute Gasteiger partial charge is 0.0914 e. The molecule has 2 bridgehead atoms. The lowest BCUT2D eigenvalue weighted by Gasteiger charge is -2.51. The Kier molecular flexibility index (Phi) is 5.04.